The molecule has 1 aromatic rings. The van der Waals surface area contributed by atoms with Crippen LogP contribution in [0.2, 0.25) is 0 Å². The molecule has 2 atom stereocenters. The van der Waals surface area contributed by atoms with Gasteiger partial charge in [-0.15, -0.1) is 5.10 Å². The lowest BCUT2D eigenvalue weighted by molar-refractivity contribution is -0.138. The molecule has 2 unspecified atom stereocenters. The SMILES string of the molecule is O=C=NCC1CCCC(CNC(=O)Nc2cnn(CC(=O)O)n2)C1. The molecule has 1 aliphatic carbocycles. The molecule has 3 N–H and O–H groups in total. The number of carboxylic acids is 1. The van der Waals surface area contributed by atoms with Gasteiger partial charge in [0.05, 0.1) is 12.7 Å². The molecule has 10 heteroatoms. The number of carbonyl (C=O) groups is 2. The number of hydrogen-bond donors (Lipinski definition) is 3. The number of amides is 2. The zero-order valence-corrected chi connectivity index (χ0v) is 13.1. The third-order valence-corrected chi connectivity index (χ3v) is 3.91. The molecule has 0 spiro atoms. The predicted octanol–water partition coefficient (Wildman–Crippen LogP) is 0.626. The van der Waals surface area contributed by atoms with Crippen molar-refractivity contribution in [2.75, 3.05) is 18.4 Å². The number of aliphatic carboxylic acids is 1. The molecule has 1 saturated carbocycles. The third kappa shape index (κ3) is 5.81. The van der Waals surface area contributed by atoms with E-state index in [9.17, 15) is 14.4 Å². The Morgan fingerprint density at radius 3 is 2.96 bits per heavy atom. The fraction of sp³-hybridized carbons (Fsp3) is 0.643. The van der Waals surface area contributed by atoms with Crippen molar-refractivity contribution in [1.82, 2.24) is 20.3 Å². The van der Waals surface area contributed by atoms with E-state index in [1.54, 1.807) is 6.08 Å². The largest absolute Gasteiger partial charge is 0.480 e. The minimum atomic E-state index is -1.06. The second kappa shape index (κ2) is 8.78. The van der Waals surface area contributed by atoms with E-state index in [2.05, 4.69) is 25.8 Å². The van der Waals surface area contributed by atoms with Gasteiger partial charge in [-0.3, -0.25) is 10.1 Å². The Morgan fingerprint density at radius 2 is 2.21 bits per heavy atom. The van der Waals surface area contributed by atoms with Crippen LogP contribution in [0.15, 0.2) is 11.2 Å². The summed E-state index contributed by atoms with van der Waals surface area (Å²) < 4.78 is 0. The quantitative estimate of drug-likeness (QED) is 0.493. The first-order valence-electron chi connectivity index (χ1n) is 7.77. The van der Waals surface area contributed by atoms with Gasteiger partial charge in [-0.1, -0.05) is 6.42 Å². The molecule has 1 aliphatic rings. The Kier molecular flexibility index (Phi) is 6.44. The molecule has 130 valence electrons. The summed E-state index contributed by atoms with van der Waals surface area (Å²) in [5, 5.41) is 21.5. The van der Waals surface area contributed by atoms with Crippen molar-refractivity contribution in [3.8, 4) is 0 Å². The Balaban J connectivity index is 1.73. The summed E-state index contributed by atoms with van der Waals surface area (Å²) in [5.74, 6) is -0.159. The summed E-state index contributed by atoms with van der Waals surface area (Å²) in [6, 6.07) is -0.412. The first-order valence-corrected chi connectivity index (χ1v) is 7.77. The number of aromatic nitrogens is 3. The normalized spacial score (nSPS) is 20.0. The first kappa shape index (κ1) is 17.6. The van der Waals surface area contributed by atoms with Gasteiger partial charge in [0.1, 0.15) is 0 Å². The van der Waals surface area contributed by atoms with Gasteiger partial charge in [0.25, 0.3) is 0 Å². The Hall–Kier alpha value is -2.74. The minimum absolute atomic E-state index is 0.190. The molecule has 1 aromatic heterocycles. The van der Waals surface area contributed by atoms with Gasteiger partial charge in [-0.2, -0.15) is 9.90 Å². The summed E-state index contributed by atoms with van der Waals surface area (Å²) in [6.45, 7) is 0.658. The van der Waals surface area contributed by atoms with E-state index in [4.69, 9.17) is 5.11 Å². The smallest absolute Gasteiger partial charge is 0.327 e. The highest BCUT2D eigenvalue weighted by atomic mass is 16.4. The lowest BCUT2D eigenvalue weighted by atomic mass is 9.81. The van der Waals surface area contributed by atoms with Gasteiger partial charge >= 0.3 is 12.0 Å². The molecular formula is C14H20N6O4. The highest BCUT2D eigenvalue weighted by Gasteiger charge is 2.22. The van der Waals surface area contributed by atoms with E-state index >= 15 is 0 Å². The number of rotatable bonds is 7. The van der Waals surface area contributed by atoms with Crippen LogP contribution < -0.4 is 10.6 Å². The maximum Gasteiger partial charge on any atom is 0.327 e. The molecule has 10 nitrogen and oxygen atoms in total. The molecule has 0 radical (unpaired) electrons. The number of anilines is 1. The van der Waals surface area contributed by atoms with Crippen LogP contribution in [-0.2, 0) is 16.1 Å². The summed E-state index contributed by atoms with van der Waals surface area (Å²) in [7, 11) is 0. The summed E-state index contributed by atoms with van der Waals surface area (Å²) in [6.07, 6.45) is 6.89. The maximum atomic E-state index is 11.9. The number of hydrogen-bond acceptors (Lipinski definition) is 6. The molecule has 2 amide bonds. The summed E-state index contributed by atoms with van der Waals surface area (Å²) >= 11 is 0. The number of nitrogens with zero attached hydrogens (tertiary/aromatic N) is 4. The Morgan fingerprint density at radius 1 is 1.42 bits per heavy atom. The Labute approximate surface area is 138 Å². The van der Waals surface area contributed by atoms with Crippen molar-refractivity contribution in [1.29, 1.82) is 0 Å². The van der Waals surface area contributed by atoms with Crippen molar-refractivity contribution in [2.24, 2.45) is 16.8 Å². The molecule has 2 rings (SSSR count). The highest BCUT2D eigenvalue weighted by molar-refractivity contribution is 5.87. The van der Waals surface area contributed by atoms with E-state index in [-0.39, 0.29) is 12.4 Å². The number of carboxylic acid groups (broad SMARTS) is 1. The molecule has 0 aromatic carbocycles. The topological polar surface area (TPSA) is 139 Å². The van der Waals surface area contributed by atoms with Gasteiger partial charge in [-0.05, 0) is 31.1 Å². The van der Waals surface area contributed by atoms with E-state index in [0.717, 1.165) is 30.5 Å². The average Bonchev–Trinajstić information content (AvgIpc) is 2.97. The van der Waals surface area contributed by atoms with Crippen molar-refractivity contribution in [3.63, 3.8) is 0 Å². The second-order valence-corrected chi connectivity index (χ2v) is 5.82. The van der Waals surface area contributed by atoms with Crippen LogP contribution in [0.1, 0.15) is 25.7 Å². The molecular weight excluding hydrogens is 316 g/mol. The number of aliphatic imine (C=N–C) groups is 1. The van der Waals surface area contributed by atoms with Gasteiger partial charge in [0, 0.05) is 6.54 Å². The van der Waals surface area contributed by atoms with Crippen molar-refractivity contribution >= 4 is 23.9 Å². The molecule has 0 saturated heterocycles. The zero-order chi connectivity index (χ0) is 17.4. The summed E-state index contributed by atoms with van der Waals surface area (Å²) in [5.41, 5.74) is 0. The lowest BCUT2D eigenvalue weighted by Crippen LogP contribution is -2.35. The zero-order valence-electron chi connectivity index (χ0n) is 13.1. The predicted molar refractivity (Wildman–Crippen MR) is 83.1 cm³/mol. The van der Waals surface area contributed by atoms with Gasteiger partial charge in [0.15, 0.2) is 12.4 Å². The molecule has 0 bridgehead atoms. The fourth-order valence-electron chi connectivity index (χ4n) is 2.87. The number of carbonyl (C=O) groups excluding carboxylic acids is 2. The van der Waals surface area contributed by atoms with E-state index in [0.29, 0.717) is 24.9 Å². The second-order valence-electron chi connectivity index (χ2n) is 5.82. The number of isocyanates is 1. The average molecular weight is 336 g/mol. The van der Waals surface area contributed by atoms with Crippen LogP contribution in [0.4, 0.5) is 10.6 Å². The van der Waals surface area contributed by atoms with Crippen LogP contribution in [0.25, 0.3) is 0 Å². The third-order valence-electron chi connectivity index (χ3n) is 3.91. The van der Waals surface area contributed by atoms with Crippen molar-refractivity contribution < 1.29 is 19.5 Å². The van der Waals surface area contributed by atoms with Crippen LogP contribution in [0.3, 0.4) is 0 Å². The molecule has 24 heavy (non-hydrogen) atoms. The van der Waals surface area contributed by atoms with E-state index in [1.807, 2.05) is 0 Å². The minimum Gasteiger partial charge on any atom is -0.480 e. The van der Waals surface area contributed by atoms with E-state index < -0.39 is 12.0 Å². The van der Waals surface area contributed by atoms with Gasteiger partial charge in [-0.25, -0.2) is 14.6 Å². The van der Waals surface area contributed by atoms with Crippen LogP contribution in [0.5, 0.6) is 0 Å². The van der Waals surface area contributed by atoms with Crippen LogP contribution in [-0.4, -0.2) is 51.3 Å². The van der Waals surface area contributed by atoms with Crippen LogP contribution >= 0.6 is 0 Å². The lowest BCUT2D eigenvalue weighted by Gasteiger charge is -2.27. The fourth-order valence-corrected chi connectivity index (χ4v) is 2.87. The highest BCUT2D eigenvalue weighted by Crippen LogP contribution is 2.28. The van der Waals surface area contributed by atoms with Crippen molar-refractivity contribution in [2.45, 2.75) is 32.2 Å². The monoisotopic (exact) mass is 336 g/mol. The standard InChI is InChI=1S/C14H20N6O4/c21-9-15-5-10-2-1-3-11(4-10)6-16-14(24)18-12-7-17-20(19-12)8-13(22)23/h7,10-11H,1-6,8H2,(H,22,23)(H2,16,18,19,24). The summed E-state index contributed by atoms with van der Waals surface area (Å²) in [4.78, 5) is 37.2. The Bertz CT molecular complexity index is 625. The van der Waals surface area contributed by atoms with Crippen LogP contribution in [0, 0.1) is 11.8 Å². The van der Waals surface area contributed by atoms with E-state index in [1.165, 1.54) is 6.20 Å². The van der Waals surface area contributed by atoms with Gasteiger partial charge < -0.3 is 10.4 Å². The molecule has 1 fully saturated rings. The maximum absolute atomic E-state index is 11.9. The molecule has 0 aliphatic heterocycles. The number of nitrogens with one attached hydrogen (secondary N) is 2. The molecule has 1 heterocycles. The first-order chi connectivity index (χ1) is 11.6. The van der Waals surface area contributed by atoms with Gasteiger partial charge in [0.2, 0.25) is 6.08 Å². The van der Waals surface area contributed by atoms with Crippen molar-refractivity contribution in [3.05, 3.63) is 6.20 Å². The number of urea groups is 1.